The second-order valence-electron chi connectivity index (χ2n) is 7.86. The first kappa shape index (κ1) is 19.0. The van der Waals surface area contributed by atoms with Gasteiger partial charge in [0.15, 0.2) is 9.84 Å². The van der Waals surface area contributed by atoms with Crippen molar-refractivity contribution in [1.82, 2.24) is 5.32 Å². The summed E-state index contributed by atoms with van der Waals surface area (Å²) in [6.07, 6.45) is 5.73. The minimum Gasteiger partial charge on any atom is -0.316 e. The number of hydrogen-bond donors (Lipinski definition) is 1. The van der Waals surface area contributed by atoms with E-state index in [1.165, 1.54) is 19.3 Å². The fourth-order valence-electron chi connectivity index (χ4n) is 3.26. The molecule has 0 heterocycles. The van der Waals surface area contributed by atoms with Crippen LogP contribution in [0.15, 0.2) is 0 Å². The molecule has 0 amide bonds. The van der Waals surface area contributed by atoms with Crippen molar-refractivity contribution in [3.05, 3.63) is 0 Å². The van der Waals surface area contributed by atoms with E-state index in [9.17, 15) is 8.42 Å². The second-order valence-corrected chi connectivity index (χ2v) is 10.7. The van der Waals surface area contributed by atoms with Crippen LogP contribution in [0.25, 0.3) is 0 Å². The fourth-order valence-corrected chi connectivity index (χ4v) is 4.49. The van der Waals surface area contributed by atoms with Crippen molar-refractivity contribution in [2.45, 2.75) is 71.5 Å². The van der Waals surface area contributed by atoms with E-state index >= 15 is 0 Å². The Kier molecular flexibility index (Phi) is 7.18. The van der Waals surface area contributed by atoms with Gasteiger partial charge in [0.1, 0.15) is 0 Å². The third-order valence-electron chi connectivity index (χ3n) is 4.93. The van der Waals surface area contributed by atoms with Crippen LogP contribution in [-0.4, -0.2) is 32.0 Å². The summed E-state index contributed by atoms with van der Waals surface area (Å²) in [5.41, 5.74) is 0. The maximum Gasteiger partial charge on any atom is 0.155 e. The summed E-state index contributed by atoms with van der Waals surface area (Å²) < 4.78 is 24.0. The predicted molar refractivity (Wildman–Crippen MR) is 91.3 cm³/mol. The van der Waals surface area contributed by atoms with Gasteiger partial charge in [0.25, 0.3) is 0 Å². The Morgan fingerprint density at radius 3 is 2.38 bits per heavy atom. The normalized spacial score (nSPS) is 27.8. The van der Waals surface area contributed by atoms with E-state index in [1.54, 1.807) is 0 Å². The van der Waals surface area contributed by atoms with Gasteiger partial charge < -0.3 is 5.32 Å². The second kappa shape index (κ2) is 7.96. The highest BCUT2D eigenvalue weighted by Gasteiger charge is 2.33. The maximum atomic E-state index is 12.3. The van der Waals surface area contributed by atoms with E-state index in [4.69, 9.17) is 0 Å². The molecule has 1 aliphatic carbocycles. The third kappa shape index (κ3) is 5.90. The molecule has 3 unspecified atom stereocenters. The van der Waals surface area contributed by atoms with Gasteiger partial charge in [-0.25, -0.2) is 8.42 Å². The number of sulfone groups is 1. The molecule has 1 fully saturated rings. The first-order chi connectivity index (χ1) is 9.67. The smallest absolute Gasteiger partial charge is 0.155 e. The van der Waals surface area contributed by atoms with Crippen LogP contribution in [0.4, 0.5) is 0 Å². The van der Waals surface area contributed by atoms with E-state index in [1.807, 2.05) is 20.8 Å². The van der Waals surface area contributed by atoms with Gasteiger partial charge in [0.2, 0.25) is 0 Å². The average Bonchev–Trinajstić information content (AvgIpc) is 2.37. The Morgan fingerprint density at radius 1 is 1.14 bits per heavy atom. The lowest BCUT2D eigenvalue weighted by atomic mass is 9.73. The Bertz CT molecular complexity index is 398. The van der Waals surface area contributed by atoms with Gasteiger partial charge in [-0.3, -0.25) is 0 Å². The van der Waals surface area contributed by atoms with Crippen LogP contribution in [0, 0.1) is 17.8 Å². The molecule has 4 heteroatoms. The van der Waals surface area contributed by atoms with Gasteiger partial charge in [0.05, 0.1) is 10.5 Å². The largest absolute Gasteiger partial charge is 0.316 e. The molecule has 1 rings (SSSR count). The first-order valence-corrected chi connectivity index (χ1v) is 10.3. The molecule has 3 atom stereocenters. The van der Waals surface area contributed by atoms with Crippen LogP contribution < -0.4 is 5.32 Å². The van der Waals surface area contributed by atoms with Crippen LogP contribution in [0.1, 0.15) is 66.7 Å². The lowest BCUT2D eigenvalue weighted by Crippen LogP contribution is -2.36. The Hall–Kier alpha value is -0.0900. The summed E-state index contributed by atoms with van der Waals surface area (Å²) in [6.45, 7) is 12.1. The quantitative estimate of drug-likeness (QED) is 0.729. The van der Waals surface area contributed by atoms with Crippen molar-refractivity contribution in [3.8, 4) is 0 Å². The van der Waals surface area contributed by atoms with Gasteiger partial charge in [0, 0.05) is 0 Å². The van der Waals surface area contributed by atoms with Gasteiger partial charge >= 0.3 is 0 Å². The van der Waals surface area contributed by atoms with Crippen LogP contribution in [0.5, 0.6) is 0 Å². The molecule has 0 bridgehead atoms. The van der Waals surface area contributed by atoms with E-state index < -0.39 is 14.6 Å². The number of rotatable bonds is 7. The minimum atomic E-state index is -2.98. The van der Waals surface area contributed by atoms with Crippen molar-refractivity contribution in [2.24, 2.45) is 17.8 Å². The zero-order valence-corrected chi connectivity index (χ0v) is 15.4. The van der Waals surface area contributed by atoms with Crippen LogP contribution in [-0.2, 0) is 9.84 Å². The molecule has 1 N–H and O–H groups in total. The minimum absolute atomic E-state index is 0.345. The highest BCUT2D eigenvalue weighted by Crippen LogP contribution is 2.36. The lowest BCUT2D eigenvalue weighted by Gasteiger charge is -2.35. The summed E-state index contributed by atoms with van der Waals surface area (Å²) >= 11 is 0. The van der Waals surface area contributed by atoms with E-state index in [0.717, 1.165) is 31.8 Å². The predicted octanol–water partition coefficient (Wildman–Crippen LogP) is 3.64. The summed E-state index contributed by atoms with van der Waals surface area (Å²) in [7, 11) is -2.98. The standard InChI is InChI=1S/C17H35NO2S/c1-6-10-18-13-16-8-7-14(2)12-15(16)9-11-21(19,20)17(3,4)5/h14-16,18H,6-13H2,1-5H3. The van der Waals surface area contributed by atoms with Gasteiger partial charge in [-0.05, 0) is 77.3 Å². The van der Waals surface area contributed by atoms with Gasteiger partial charge in [-0.15, -0.1) is 0 Å². The molecule has 0 spiro atoms. The Balaban J connectivity index is 2.59. The molecule has 0 aliphatic heterocycles. The molecule has 0 saturated heterocycles. The van der Waals surface area contributed by atoms with Crippen molar-refractivity contribution >= 4 is 9.84 Å². The molecular weight excluding hydrogens is 282 g/mol. The molecule has 1 aliphatic rings. The topological polar surface area (TPSA) is 46.2 Å². The molecule has 21 heavy (non-hydrogen) atoms. The van der Waals surface area contributed by atoms with Gasteiger partial charge in [-0.2, -0.15) is 0 Å². The zero-order chi connectivity index (χ0) is 16.1. The zero-order valence-electron chi connectivity index (χ0n) is 14.6. The average molecular weight is 318 g/mol. The first-order valence-electron chi connectivity index (χ1n) is 8.60. The van der Waals surface area contributed by atoms with Crippen molar-refractivity contribution < 1.29 is 8.42 Å². The molecule has 0 radical (unpaired) electrons. The highest BCUT2D eigenvalue weighted by molar-refractivity contribution is 7.92. The molecule has 3 nitrogen and oxygen atoms in total. The van der Waals surface area contributed by atoms with E-state index in [2.05, 4.69) is 19.2 Å². The lowest BCUT2D eigenvalue weighted by molar-refractivity contribution is 0.180. The van der Waals surface area contributed by atoms with Gasteiger partial charge in [-0.1, -0.05) is 20.3 Å². The summed E-state index contributed by atoms with van der Waals surface area (Å²) in [5, 5.41) is 3.53. The maximum absolute atomic E-state index is 12.3. The van der Waals surface area contributed by atoms with Crippen LogP contribution in [0.3, 0.4) is 0 Å². The van der Waals surface area contributed by atoms with Crippen LogP contribution >= 0.6 is 0 Å². The summed E-state index contributed by atoms with van der Waals surface area (Å²) in [4.78, 5) is 0. The van der Waals surface area contributed by atoms with Crippen molar-refractivity contribution in [2.75, 3.05) is 18.8 Å². The summed E-state index contributed by atoms with van der Waals surface area (Å²) in [6, 6.07) is 0. The monoisotopic (exact) mass is 317 g/mol. The summed E-state index contributed by atoms with van der Waals surface area (Å²) in [5.74, 6) is 2.31. The molecule has 126 valence electrons. The molecule has 1 saturated carbocycles. The SMILES string of the molecule is CCCNCC1CCC(C)CC1CCS(=O)(=O)C(C)(C)C. The molecular formula is C17H35NO2S. The number of nitrogens with one attached hydrogen (secondary N) is 1. The number of hydrogen-bond acceptors (Lipinski definition) is 3. The van der Waals surface area contributed by atoms with Crippen molar-refractivity contribution in [1.29, 1.82) is 0 Å². The fraction of sp³-hybridized carbons (Fsp3) is 1.00. The van der Waals surface area contributed by atoms with Crippen LogP contribution in [0.2, 0.25) is 0 Å². The molecule has 0 aromatic carbocycles. The highest BCUT2D eigenvalue weighted by atomic mass is 32.2. The van der Waals surface area contributed by atoms with E-state index in [0.29, 0.717) is 17.6 Å². The molecule has 0 aromatic heterocycles. The molecule has 0 aromatic rings. The Labute approximate surface area is 132 Å². The Morgan fingerprint density at radius 2 is 1.81 bits per heavy atom. The van der Waals surface area contributed by atoms with E-state index in [-0.39, 0.29) is 0 Å². The van der Waals surface area contributed by atoms with Crippen molar-refractivity contribution in [3.63, 3.8) is 0 Å². The third-order valence-corrected chi connectivity index (χ3v) is 7.56.